The lowest BCUT2D eigenvalue weighted by molar-refractivity contribution is -0.138. The lowest BCUT2D eigenvalue weighted by Crippen LogP contribution is -2.34. The molecule has 5 rings (SSSR count). The second-order valence-corrected chi connectivity index (χ2v) is 10.2. The minimum atomic E-state index is -4.48. The quantitative estimate of drug-likeness (QED) is 0.237. The SMILES string of the molecule is Cc1cccc(CCC(=O)c2cccc(-c3cnc4c(c3)N(Cc3cc(Cl)ccc3C(F)(F)F)CCN4)c2)c1. The fourth-order valence-electron chi connectivity index (χ4n) is 4.90. The fourth-order valence-corrected chi connectivity index (χ4v) is 5.09. The number of carbonyl (C=O) groups excluding carboxylic acids is 1. The molecule has 0 fully saturated rings. The minimum Gasteiger partial charge on any atom is -0.367 e. The largest absolute Gasteiger partial charge is 0.416 e. The van der Waals surface area contributed by atoms with Crippen molar-refractivity contribution < 1.29 is 18.0 Å². The average molecular weight is 550 g/mol. The van der Waals surface area contributed by atoms with E-state index in [9.17, 15) is 18.0 Å². The smallest absolute Gasteiger partial charge is 0.367 e. The standard InChI is InChI=1S/C31H27ClF3N3O/c1-20-4-2-5-21(14-20)8-11-29(39)23-7-3-6-22(15-23)24-17-28-30(37-18-24)36-12-13-38(28)19-25-16-26(32)9-10-27(25)31(33,34)35/h2-7,9-10,14-18H,8,11-13,19H2,1H3,(H,36,37). The summed E-state index contributed by atoms with van der Waals surface area (Å²) in [5.41, 5.74) is 4.59. The van der Waals surface area contributed by atoms with Crippen molar-refractivity contribution in [2.75, 3.05) is 23.3 Å². The molecule has 1 aliphatic rings. The predicted octanol–water partition coefficient (Wildman–Crippen LogP) is 7.98. The molecule has 0 saturated carbocycles. The zero-order valence-corrected chi connectivity index (χ0v) is 22.1. The van der Waals surface area contributed by atoms with Crippen LogP contribution in [0.2, 0.25) is 5.02 Å². The lowest BCUT2D eigenvalue weighted by Gasteiger charge is -2.32. The van der Waals surface area contributed by atoms with Gasteiger partial charge in [-0.1, -0.05) is 59.6 Å². The van der Waals surface area contributed by atoms with Gasteiger partial charge >= 0.3 is 6.18 Å². The molecule has 200 valence electrons. The van der Waals surface area contributed by atoms with Crippen molar-refractivity contribution >= 4 is 28.9 Å². The molecule has 0 amide bonds. The molecule has 0 bridgehead atoms. The van der Waals surface area contributed by atoms with Gasteiger partial charge in [-0.3, -0.25) is 4.79 Å². The van der Waals surface area contributed by atoms with Crippen LogP contribution in [0.4, 0.5) is 24.7 Å². The first kappa shape index (κ1) is 26.8. The summed E-state index contributed by atoms with van der Waals surface area (Å²) < 4.78 is 41.0. The van der Waals surface area contributed by atoms with Crippen LogP contribution in [0.5, 0.6) is 0 Å². The number of alkyl halides is 3. The molecule has 0 spiro atoms. The Balaban J connectivity index is 1.39. The molecule has 1 aromatic heterocycles. The van der Waals surface area contributed by atoms with Gasteiger partial charge in [0.2, 0.25) is 0 Å². The van der Waals surface area contributed by atoms with E-state index in [1.807, 2.05) is 54.3 Å². The Morgan fingerprint density at radius 1 is 1.03 bits per heavy atom. The van der Waals surface area contributed by atoms with Gasteiger partial charge in [0.25, 0.3) is 0 Å². The van der Waals surface area contributed by atoms with Crippen LogP contribution in [-0.4, -0.2) is 23.9 Å². The third kappa shape index (κ3) is 6.25. The molecular formula is C31H27ClF3N3O. The van der Waals surface area contributed by atoms with E-state index < -0.39 is 11.7 Å². The number of halogens is 4. The van der Waals surface area contributed by atoms with Crippen LogP contribution in [0.1, 0.15) is 39.0 Å². The van der Waals surface area contributed by atoms with Crippen LogP contribution in [-0.2, 0) is 19.1 Å². The molecule has 0 radical (unpaired) electrons. The van der Waals surface area contributed by atoms with E-state index in [2.05, 4.69) is 16.4 Å². The van der Waals surface area contributed by atoms with Crippen molar-refractivity contribution in [3.63, 3.8) is 0 Å². The first-order valence-corrected chi connectivity index (χ1v) is 13.1. The minimum absolute atomic E-state index is 0.0344. The van der Waals surface area contributed by atoms with Gasteiger partial charge in [0, 0.05) is 48.4 Å². The highest BCUT2D eigenvalue weighted by Gasteiger charge is 2.34. The van der Waals surface area contributed by atoms with E-state index in [0.29, 0.717) is 43.0 Å². The van der Waals surface area contributed by atoms with Crippen molar-refractivity contribution in [1.82, 2.24) is 4.98 Å². The molecule has 1 aliphatic heterocycles. The first-order valence-electron chi connectivity index (χ1n) is 12.7. The molecule has 0 atom stereocenters. The number of Topliss-reactive ketones (excluding diaryl/α,β-unsaturated/α-hetero) is 1. The third-order valence-corrected chi connectivity index (χ3v) is 7.09. The molecule has 0 saturated heterocycles. The summed E-state index contributed by atoms with van der Waals surface area (Å²) in [6.07, 6.45) is -1.71. The van der Waals surface area contributed by atoms with Gasteiger partial charge in [-0.25, -0.2) is 4.98 Å². The van der Waals surface area contributed by atoms with Crippen molar-refractivity contribution in [2.24, 2.45) is 0 Å². The molecule has 4 nitrogen and oxygen atoms in total. The molecule has 0 unspecified atom stereocenters. The van der Waals surface area contributed by atoms with Gasteiger partial charge in [-0.15, -0.1) is 0 Å². The zero-order valence-electron chi connectivity index (χ0n) is 21.4. The Hall–Kier alpha value is -3.84. The topological polar surface area (TPSA) is 45.2 Å². The number of anilines is 2. The predicted molar refractivity (Wildman–Crippen MR) is 149 cm³/mol. The van der Waals surface area contributed by atoms with E-state index in [0.717, 1.165) is 28.3 Å². The molecule has 39 heavy (non-hydrogen) atoms. The number of nitrogens with one attached hydrogen (secondary N) is 1. The normalized spacial score (nSPS) is 13.1. The third-order valence-electron chi connectivity index (χ3n) is 6.86. The van der Waals surface area contributed by atoms with Crippen LogP contribution in [0.25, 0.3) is 11.1 Å². The van der Waals surface area contributed by atoms with Gasteiger partial charge in [-0.05, 0) is 60.4 Å². The number of pyridine rings is 1. The highest BCUT2D eigenvalue weighted by molar-refractivity contribution is 6.30. The molecule has 1 N–H and O–H groups in total. The lowest BCUT2D eigenvalue weighted by atomic mass is 9.98. The number of aromatic nitrogens is 1. The number of hydrogen-bond donors (Lipinski definition) is 1. The Bertz CT molecular complexity index is 1520. The number of carbonyl (C=O) groups is 1. The molecule has 8 heteroatoms. The van der Waals surface area contributed by atoms with Gasteiger partial charge in [0.05, 0.1) is 11.3 Å². The van der Waals surface area contributed by atoms with Crippen molar-refractivity contribution in [3.05, 3.63) is 112 Å². The number of fused-ring (bicyclic) bond motifs is 1. The van der Waals surface area contributed by atoms with Gasteiger partial charge in [-0.2, -0.15) is 13.2 Å². The van der Waals surface area contributed by atoms with E-state index in [4.69, 9.17) is 11.6 Å². The Kier molecular flexibility index (Phi) is 7.62. The van der Waals surface area contributed by atoms with E-state index in [1.54, 1.807) is 12.3 Å². The summed E-state index contributed by atoms with van der Waals surface area (Å²) in [6, 6.07) is 21.1. The van der Waals surface area contributed by atoms with Crippen molar-refractivity contribution in [3.8, 4) is 11.1 Å². The van der Waals surface area contributed by atoms with Gasteiger partial charge < -0.3 is 10.2 Å². The fraction of sp³-hybridized carbons (Fsp3) is 0.226. The number of nitrogens with zero attached hydrogens (tertiary/aromatic N) is 2. The number of benzene rings is 3. The zero-order chi connectivity index (χ0) is 27.6. The van der Waals surface area contributed by atoms with E-state index in [-0.39, 0.29) is 22.9 Å². The van der Waals surface area contributed by atoms with Crippen molar-refractivity contribution in [2.45, 2.75) is 32.5 Å². The number of ketones is 1. The maximum absolute atomic E-state index is 13.7. The van der Waals surface area contributed by atoms with Crippen LogP contribution in [0.15, 0.2) is 79.0 Å². The maximum Gasteiger partial charge on any atom is 0.416 e. The van der Waals surface area contributed by atoms with Crippen LogP contribution in [0.3, 0.4) is 0 Å². The summed E-state index contributed by atoms with van der Waals surface area (Å²) >= 11 is 6.06. The first-order chi connectivity index (χ1) is 18.7. The second kappa shape index (κ2) is 11.1. The molecular weight excluding hydrogens is 523 g/mol. The molecule has 0 aliphatic carbocycles. The Labute approximate surface area is 230 Å². The monoisotopic (exact) mass is 549 g/mol. The second-order valence-electron chi connectivity index (χ2n) is 9.73. The Morgan fingerprint density at radius 3 is 2.64 bits per heavy atom. The summed E-state index contributed by atoms with van der Waals surface area (Å²) in [5.74, 6) is 0.652. The van der Waals surface area contributed by atoms with Crippen LogP contribution < -0.4 is 10.2 Å². The van der Waals surface area contributed by atoms with Gasteiger partial charge in [0.1, 0.15) is 5.82 Å². The molecule has 4 aromatic rings. The average Bonchev–Trinajstić information content (AvgIpc) is 2.91. The number of hydrogen-bond acceptors (Lipinski definition) is 4. The summed E-state index contributed by atoms with van der Waals surface area (Å²) in [6.45, 7) is 3.11. The van der Waals surface area contributed by atoms with E-state index in [1.165, 1.54) is 12.1 Å². The van der Waals surface area contributed by atoms with Gasteiger partial charge in [0.15, 0.2) is 5.78 Å². The van der Waals surface area contributed by atoms with E-state index >= 15 is 0 Å². The van der Waals surface area contributed by atoms with Crippen LogP contribution in [0, 0.1) is 6.92 Å². The Morgan fingerprint density at radius 2 is 1.85 bits per heavy atom. The number of rotatable bonds is 7. The molecule has 3 aromatic carbocycles. The highest BCUT2D eigenvalue weighted by atomic mass is 35.5. The molecule has 2 heterocycles. The van der Waals surface area contributed by atoms with Crippen molar-refractivity contribution in [1.29, 1.82) is 0 Å². The summed E-state index contributed by atoms with van der Waals surface area (Å²) in [7, 11) is 0. The highest BCUT2D eigenvalue weighted by Crippen LogP contribution is 2.37. The maximum atomic E-state index is 13.7. The summed E-state index contributed by atoms with van der Waals surface area (Å²) in [5, 5.41) is 3.48. The number of aryl methyl sites for hydroxylation is 2. The summed E-state index contributed by atoms with van der Waals surface area (Å²) in [4.78, 5) is 19.4. The van der Waals surface area contributed by atoms with Crippen LogP contribution >= 0.6 is 11.6 Å².